The predicted octanol–water partition coefficient (Wildman–Crippen LogP) is 2.07. The molecule has 1 N–H and O–H groups in total. The Morgan fingerprint density at radius 3 is 2.57 bits per heavy atom. The Balaban J connectivity index is 2.03. The number of ketones is 1. The lowest BCUT2D eigenvalue weighted by molar-refractivity contribution is 0.104. The average Bonchev–Trinajstić information content (AvgIpc) is 2.93. The SMILES string of the molecule is Cc1cc(C)nc(NC=C2C(=O)c3sccc3N(C)S2(=O)=O)n1. The third-order valence-corrected chi connectivity index (χ3v) is 6.05. The Hall–Kier alpha value is -2.26. The summed E-state index contributed by atoms with van der Waals surface area (Å²) in [5, 5.41) is 4.41. The minimum absolute atomic E-state index is 0.248. The van der Waals surface area contributed by atoms with Crippen LogP contribution in [0.4, 0.5) is 11.6 Å². The second kappa shape index (κ2) is 5.43. The summed E-state index contributed by atoms with van der Waals surface area (Å²) >= 11 is 1.21. The maximum atomic E-state index is 12.5. The molecule has 3 rings (SSSR count). The van der Waals surface area contributed by atoms with Gasteiger partial charge in [0, 0.05) is 24.6 Å². The van der Waals surface area contributed by atoms with E-state index in [0.29, 0.717) is 10.6 Å². The van der Waals surface area contributed by atoms with Gasteiger partial charge in [0.2, 0.25) is 11.7 Å². The zero-order chi connectivity index (χ0) is 16.8. The number of carbonyl (C=O) groups is 1. The number of aromatic nitrogens is 2. The molecule has 0 unspecified atom stereocenters. The lowest BCUT2D eigenvalue weighted by Crippen LogP contribution is -2.35. The fourth-order valence-electron chi connectivity index (χ4n) is 2.29. The second-order valence-corrected chi connectivity index (χ2v) is 7.92. The number of allylic oxidation sites excluding steroid dienone is 1. The molecule has 1 aliphatic heterocycles. The summed E-state index contributed by atoms with van der Waals surface area (Å²) in [7, 11) is -2.47. The van der Waals surface area contributed by atoms with Crippen molar-refractivity contribution in [1.82, 2.24) is 9.97 Å². The molecule has 0 saturated carbocycles. The lowest BCUT2D eigenvalue weighted by atomic mass is 10.2. The third-order valence-electron chi connectivity index (χ3n) is 3.37. The smallest absolute Gasteiger partial charge is 0.269 e. The van der Waals surface area contributed by atoms with Crippen LogP contribution in [0.1, 0.15) is 21.1 Å². The van der Waals surface area contributed by atoms with Gasteiger partial charge in [-0.15, -0.1) is 11.3 Å². The van der Waals surface area contributed by atoms with E-state index in [2.05, 4.69) is 15.3 Å². The van der Waals surface area contributed by atoms with Gasteiger partial charge in [-0.05, 0) is 31.4 Å². The summed E-state index contributed by atoms with van der Waals surface area (Å²) in [6.45, 7) is 3.61. The van der Waals surface area contributed by atoms with E-state index in [1.165, 1.54) is 18.4 Å². The Morgan fingerprint density at radius 2 is 1.91 bits per heavy atom. The zero-order valence-corrected chi connectivity index (χ0v) is 14.3. The number of sulfonamides is 1. The molecule has 3 heterocycles. The van der Waals surface area contributed by atoms with E-state index >= 15 is 0 Å². The number of hydrogen-bond donors (Lipinski definition) is 1. The van der Waals surface area contributed by atoms with Gasteiger partial charge in [-0.3, -0.25) is 9.10 Å². The summed E-state index contributed by atoms with van der Waals surface area (Å²) < 4.78 is 26.1. The van der Waals surface area contributed by atoms with E-state index in [1.807, 2.05) is 0 Å². The second-order valence-electron chi connectivity index (χ2n) is 5.06. The molecule has 0 atom stereocenters. The zero-order valence-electron chi connectivity index (χ0n) is 12.7. The molecule has 0 amide bonds. The highest BCUT2D eigenvalue weighted by molar-refractivity contribution is 7.97. The van der Waals surface area contributed by atoms with Crippen LogP contribution in [0.25, 0.3) is 0 Å². The molecule has 2 aromatic heterocycles. The number of thiophene rings is 1. The molecule has 120 valence electrons. The van der Waals surface area contributed by atoms with E-state index in [-0.39, 0.29) is 10.9 Å². The first kappa shape index (κ1) is 15.6. The van der Waals surface area contributed by atoms with Crippen LogP contribution >= 0.6 is 11.3 Å². The van der Waals surface area contributed by atoms with Crippen molar-refractivity contribution >= 4 is 38.8 Å². The van der Waals surface area contributed by atoms with Crippen LogP contribution in [0.5, 0.6) is 0 Å². The van der Waals surface area contributed by atoms with Gasteiger partial charge >= 0.3 is 0 Å². The van der Waals surface area contributed by atoms with Gasteiger partial charge in [0.05, 0.1) is 5.69 Å². The highest BCUT2D eigenvalue weighted by Gasteiger charge is 2.39. The molecule has 0 radical (unpaired) electrons. The molecule has 9 heteroatoms. The number of Topliss-reactive ketones (excluding diaryl/α,β-unsaturated/α-hetero) is 1. The van der Waals surface area contributed by atoms with Crippen LogP contribution in [0.3, 0.4) is 0 Å². The van der Waals surface area contributed by atoms with Crippen molar-refractivity contribution in [2.45, 2.75) is 13.8 Å². The number of carbonyl (C=O) groups excluding carboxylic acids is 1. The molecule has 2 aromatic rings. The van der Waals surface area contributed by atoms with Crippen molar-refractivity contribution in [3.05, 3.63) is 44.9 Å². The van der Waals surface area contributed by atoms with Gasteiger partial charge in [0.15, 0.2) is 4.91 Å². The Bertz CT molecular complexity index is 911. The largest absolute Gasteiger partial charge is 0.329 e. The number of nitrogens with one attached hydrogen (secondary N) is 1. The van der Waals surface area contributed by atoms with Gasteiger partial charge in [0.1, 0.15) is 4.88 Å². The van der Waals surface area contributed by atoms with Crippen molar-refractivity contribution in [1.29, 1.82) is 0 Å². The number of anilines is 2. The fraction of sp³-hybridized carbons (Fsp3) is 0.214. The number of rotatable bonds is 2. The third kappa shape index (κ3) is 2.62. The molecule has 0 spiro atoms. The van der Waals surface area contributed by atoms with E-state index < -0.39 is 15.8 Å². The van der Waals surface area contributed by atoms with Crippen LogP contribution in [-0.2, 0) is 10.0 Å². The predicted molar refractivity (Wildman–Crippen MR) is 89.2 cm³/mol. The molecule has 1 aliphatic rings. The van der Waals surface area contributed by atoms with Crippen LogP contribution in [0.2, 0.25) is 0 Å². The van der Waals surface area contributed by atoms with Gasteiger partial charge in [0.25, 0.3) is 10.0 Å². The molecular weight excluding hydrogens is 336 g/mol. The molecule has 0 aromatic carbocycles. The van der Waals surface area contributed by atoms with Crippen LogP contribution in [-0.4, -0.2) is 31.2 Å². The monoisotopic (exact) mass is 350 g/mol. The van der Waals surface area contributed by atoms with Gasteiger partial charge < -0.3 is 5.32 Å². The summed E-state index contributed by atoms with van der Waals surface area (Å²) in [4.78, 5) is 20.8. The quantitative estimate of drug-likeness (QED) is 0.834. The lowest BCUT2D eigenvalue weighted by Gasteiger charge is -2.25. The average molecular weight is 350 g/mol. The fourth-order valence-corrected chi connectivity index (χ4v) is 4.54. The maximum absolute atomic E-state index is 12.5. The van der Waals surface area contributed by atoms with E-state index in [9.17, 15) is 13.2 Å². The molecule has 23 heavy (non-hydrogen) atoms. The number of nitrogens with zero attached hydrogens (tertiary/aromatic N) is 3. The topological polar surface area (TPSA) is 92.3 Å². The van der Waals surface area contributed by atoms with Crippen LogP contribution in [0, 0.1) is 13.8 Å². The van der Waals surface area contributed by atoms with Crippen molar-refractivity contribution in [2.24, 2.45) is 0 Å². The molecule has 0 fully saturated rings. The van der Waals surface area contributed by atoms with Gasteiger partial charge in [-0.2, -0.15) is 0 Å². The first-order chi connectivity index (χ1) is 10.8. The van der Waals surface area contributed by atoms with Gasteiger partial charge in [-0.1, -0.05) is 0 Å². The number of hydrogen-bond acceptors (Lipinski definition) is 7. The molecule has 7 nitrogen and oxygen atoms in total. The maximum Gasteiger partial charge on any atom is 0.269 e. The van der Waals surface area contributed by atoms with E-state index in [4.69, 9.17) is 0 Å². The van der Waals surface area contributed by atoms with E-state index in [1.54, 1.807) is 31.4 Å². The normalized spacial score (nSPS) is 18.1. The summed E-state index contributed by atoms with van der Waals surface area (Å²) in [5.41, 5.74) is 1.89. The minimum atomic E-state index is -3.89. The summed E-state index contributed by atoms with van der Waals surface area (Å²) in [6.07, 6.45) is 1.16. The Labute approximate surface area is 137 Å². The van der Waals surface area contributed by atoms with Gasteiger partial charge in [-0.25, -0.2) is 18.4 Å². The summed E-state index contributed by atoms with van der Waals surface area (Å²) in [6, 6.07) is 3.42. The van der Waals surface area contributed by atoms with Crippen LogP contribution in [0.15, 0.2) is 28.6 Å². The standard InChI is InChI=1S/C14H14N4O3S2/c1-8-6-9(2)17-14(16-8)15-7-11-12(19)13-10(4-5-22-13)18(3)23(11,20)21/h4-7H,1-3H3,(H,15,16,17). The molecule has 0 aliphatic carbocycles. The van der Waals surface area contributed by atoms with Crippen LogP contribution < -0.4 is 9.62 Å². The molecule has 0 bridgehead atoms. The van der Waals surface area contributed by atoms with Crippen molar-refractivity contribution in [3.8, 4) is 0 Å². The van der Waals surface area contributed by atoms with Crippen molar-refractivity contribution in [2.75, 3.05) is 16.7 Å². The van der Waals surface area contributed by atoms with Crippen molar-refractivity contribution in [3.63, 3.8) is 0 Å². The van der Waals surface area contributed by atoms with E-state index in [0.717, 1.165) is 21.9 Å². The number of fused-ring (bicyclic) bond motifs is 1. The summed E-state index contributed by atoms with van der Waals surface area (Å²) in [5.74, 6) is -0.275. The first-order valence-electron chi connectivity index (χ1n) is 6.71. The number of aryl methyl sites for hydroxylation is 2. The molecule has 0 saturated heterocycles. The highest BCUT2D eigenvalue weighted by atomic mass is 32.2. The Kier molecular flexibility index (Phi) is 3.69. The molecular formula is C14H14N4O3S2. The Morgan fingerprint density at radius 1 is 1.26 bits per heavy atom. The minimum Gasteiger partial charge on any atom is -0.329 e. The first-order valence-corrected chi connectivity index (χ1v) is 9.03. The highest BCUT2D eigenvalue weighted by Crippen LogP contribution is 2.37. The van der Waals surface area contributed by atoms with Crippen molar-refractivity contribution < 1.29 is 13.2 Å².